The van der Waals surface area contributed by atoms with Crippen LogP contribution < -0.4 is 0 Å². The molecule has 0 aromatic heterocycles. The van der Waals surface area contributed by atoms with E-state index in [1.165, 1.54) is 37.0 Å². The second-order valence-corrected chi connectivity index (χ2v) is 8.05. The molecule has 1 aliphatic rings. The lowest BCUT2D eigenvalue weighted by Crippen LogP contribution is -2.35. The minimum atomic E-state index is -0.279. The third-order valence-electron chi connectivity index (χ3n) is 5.33. The van der Waals surface area contributed by atoms with Gasteiger partial charge in [0.25, 0.3) is 11.8 Å². The molecule has 5 nitrogen and oxygen atoms in total. The summed E-state index contributed by atoms with van der Waals surface area (Å²) in [6.45, 7) is 2.84. The van der Waals surface area contributed by atoms with Crippen LogP contribution in [0.2, 0.25) is 5.02 Å². The van der Waals surface area contributed by atoms with Crippen molar-refractivity contribution in [1.82, 2.24) is 9.80 Å². The van der Waals surface area contributed by atoms with E-state index in [-0.39, 0.29) is 25.0 Å². The van der Waals surface area contributed by atoms with Gasteiger partial charge in [-0.05, 0) is 24.1 Å². The van der Waals surface area contributed by atoms with Gasteiger partial charge in [0.15, 0.2) is 0 Å². The van der Waals surface area contributed by atoms with Crippen LogP contribution in [0, 0.1) is 0 Å². The number of unbranched alkanes of at least 4 members (excludes halogenated alkanes) is 7. The van der Waals surface area contributed by atoms with Crippen LogP contribution >= 0.6 is 11.6 Å². The van der Waals surface area contributed by atoms with E-state index in [9.17, 15) is 14.7 Å². The number of halogens is 1. The third-order valence-corrected chi connectivity index (χ3v) is 5.58. The number of carbonyl (C=O) groups excluding carboxylic acids is 2. The van der Waals surface area contributed by atoms with Gasteiger partial charge >= 0.3 is 0 Å². The summed E-state index contributed by atoms with van der Waals surface area (Å²) in [5, 5.41) is 9.87. The van der Waals surface area contributed by atoms with E-state index >= 15 is 0 Å². The lowest BCUT2D eigenvalue weighted by molar-refractivity contribution is -0.137. The average Bonchev–Trinajstić information content (AvgIpc) is 2.95. The molecule has 0 saturated carbocycles. The van der Waals surface area contributed by atoms with E-state index in [0.29, 0.717) is 28.4 Å². The first-order valence-electron chi connectivity index (χ1n) is 10.7. The van der Waals surface area contributed by atoms with E-state index in [1.807, 2.05) is 0 Å². The minimum absolute atomic E-state index is 0.0899. The van der Waals surface area contributed by atoms with Gasteiger partial charge in [0, 0.05) is 25.2 Å². The number of nitrogens with zero attached hydrogens (tertiary/aromatic N) is 2. The van der Waals surface area contributed by atoms with Crippen molar-refractivity contribution in [2.24, 2.45) is 0 Å². The lowest BCUT2D eigenvalue weighted by Gasteiger charge is -2.20. The second-order valence-electron chi connectivity index (χ2n) is 7.61. The maximum atomic E-state index is 13.1. The molecule has 1 aromatic rings. The Bertz CT molecular complexity index is 715. The molecule has 0 atom stereocenters. The lowest BCUT2D eigenvalue weighted by atomic mass is 10.0. The van der Waals surface area contributed by atoms with E-state index in [0.717, 1.165) is 19.3 Å². The molecule has 0 fully saturated rings. The number of aliphatic hydroxyl groups is 1. The van der Waals surface area contributed by atoms with E-state index in [2.05, 4.69) is 6.92 Å². The molecule has 0 bridgehead atoms. The zero-order valence-corrected chi connectivity index (χ0v) is 18.4. The summed E-state index contributed by atoms with van der Waals surface area (Å²) in [4.78, 5) is 29.1. The largest absolute Gasteiger partial charge is 0.395 e. The number of rotatable bonds is 13. The van der Waals surface area contributed by atoms with Gasteiger partial charge in [-0.3, -0.25) is 14.5 Å². The molecular weight excluding hydrogens is 388 g/mol. The molecule has 6 heteroatoms. The molecule has 29 heavy (non-hydrogen) atoms. The number of aliphatic hydroxyl groups excluding tert-OH is 1. The Morgan fingerprint density at radius 2 is 1.52 bits per heavy atom. The van der Waals surface area contributed by atoms with Gasteiger partial charge in [0.2, 0.25) is 0 Å². The highest BCUT2D eigenvalue weighted by molar-refractivity contribution is 6.36. The standard InChI is InChI=1S/C23H33ClN2O3/c1-3-4-5-6-7-8-9-10-15-26-22(28)20(18-11-13-19(24)14-12-18)21(23(26)29)25(2)16-17-27/h11-14,27H,3-10,15-17H2,1-2H3. The van der Waals surface area contributed by atoms with Crippen LogP contribution in [0.25, 0.3) is 5.57 Å². The van der Waals surface area contributed by atoms with Crippen molar-refractivity contribution >= 4 is 29.0 Å². The van der Waals surface area contributed by atoms with Crippen molar-refractivity contribution in [3.8, 4) is 0 Å². The summed E-state index contributed by atoms with van der Waals surface area (Å²) in [7, 11) is 1.73. The summed E-state index contributed by atoms with van der Waals surface area (Å²) in [6, 6.07) is 6.95. The number of carbonyl (C=O) groups is 2. The first kappa shape index (κ1) is 23.4. The maximum absolute atomic E-state index is 13.1. The van der Waals surface area contributed by atoms with Crippen molar-refractivity contribution in [3.05, 3.63) is 40.5 Å². The molecule has 1 N–H and O–H groups in total. The van der Waals surface area contributed by atoms with Gasteiger partial charge in [-0.2, -0.15) is 0 Å². The van der Waals surface area contributed by atoms with Crippen LogP contribution in [0.1, 0.15) is 63.9 Å². The predicted octanol–water partition coefficient (Wildman–Crippen LogP) is 4.48. The van der Waals surface area contributed by atoms with Crippen molar-refractivity contribution in [3.63, 3.8) is 0 Å². The van der Waals surface area contributed by atoms with Crippen LogP contribution in [0.15, 0.2) is 30.0 Å². The SMILES string of the molecule is CCCCCCCCCCN1C(=O)C(c2ccc(Cl)cc2)=C(N(C)CCO)C1=O. The average molecular weight is 421 g/mol. The fourth-order valence-electron chi connectivity index (χ4n) is 3.66. The van der Waals surface area contributed by atoms with Crippen LogP contribution in [-0.4, -0.2) is 53.5 Å². The van der Waals surface area contributed by atoms with Crippen molar-refractivity contribution < 1.29 is 14.7 Å². The number of hydrogen-bond donors (Lipinski definition) is 1. The Hall–Kier alpha value is -1.85. The highest BCUT2D eigenvalue weighted by Crippen LogP contribution is 2.32. The second kappa shape index (κ2) is 12.0. The van der Waals surface area contributed by atoms with Gasteiger partial charge in [0.1, 0.15) is 5.70 Å². The molecule has 160 valence electrons. The summed E-state index contributed by atoms with van der Waals surface area (Å²) >= 11 is 5.98. The van der Waals surface area contributed by atoms with Crippen LogP contribution in [0.5, 0.6) is 0 Å². The highest BCUT2D eigenvalue weighted by atomic mass is 35.5. The zero-order valence-electron chi connectivity index (χ0n) is 17.6. The topological polar surface area (TPSA) is 60.9 Å². The molecule has 0 radical (unpaired) electrons. The van der Waals surface area contributed by atoms with Gasteiger partial charge in [0.05, 0.1) is 12.2 Å². The Balaban J connectivity index is 2.03. The molecular formula is C23H33ClN2O3. The molecule has 0 spiro atoms. The Morgan fingerprint density at radius 3 is 2.10 bits per heavy atom. The molecule has 0 saturated heterocycles. The smallest absolute Gasteiger partial charge is 0.277 e. The zero-order chi connectivity index (χ0) is 21.2. The van der Waals surface area contributed by atoms with Gasteiger partial charge in [-0.15, -0.1) is 0 Å². The Labute approximate surface area is 179 Å². The predicted molar refractivity (Wildman–Crippen MR) is 117 cm³/mol. The van der Waals surface area contributed by atoms with Crippen LogP contribution in [-0.2, 0) is 9.59 Å². The molecule has 2 rings (SSSR count). The Morgan fingerprint density at radius 1 is 0.931 bits per heavy atom. The summed E-state index contributed by atoms with van der Waals surface area (Å²) in [5.41, 5.74) is 1.42. The van der Waals surface area contributed by atoms with Gasteiger partial charge in [-0.1, -0.05) is 75.6 Å². The van der Waals surface area contributed by atoms with Crippen LogP contribution in [0.3, 0.4) is 0 Å². The molecule has 1 aromatic carbocycles. The molecule has 0 aliphatic carbocycles. The Kier molecular flexibility index (Phi) is 9.68. The van der Waals surface area contributed by atoms with Gasteiger partial charge < -0.3 is 10.0 Å². The van der Waals surface area contributed by atoms with Crippen LogP contribution in [0.4, 0.5) is 0 Å². The monoisotopic (exact) mass is 420 g/mol. The van der Waals surface area contributed by atoms with E-state index in [1.54, 1.807) is 36.2 Å². The third kappa shape index (κ3) is 6.31. The number of amides is 2. The van der Waals surface area contributed by atoms with E-state index < -0.39 is 0 Å². The van der Waals surface area contributed by atoms with Crippen molar-refractivity contribution in [2.75, 3.05) is 26.7 Å². The molecule has 1 heterocycles. The molecule has 1 aliphatic heterocycles. The fraction of sp³-hybridized carbons (Fsp3) is 0.565. The maximum Gasteiger partial charge on any atom is 0.277 e. The quantitative estimate of drug-likeness (QED) is 0.377. The number of imide groups is 1. The summed E-state index contributed by atoms with van der Waals surface area (Å²) < 4.78 is 0. The fourth-order valence-corrected chi connectivity index (χ4v) is 3.79. The van der Waals surface area contributed by atoms with Crippen molar-refractivity contribution in [1.29, 1.82) is 0 Å². The summed E-state index contributed by atoms with van der Waals surface area (Å²) in [5.74, 6) is -0.543. The summed E-state index contributed by atoms with van der Waals surface area (Å²) in [6.07, 6.45) is 9.25. The number of hydrogen-bond acceptors (Lipinski definition) is 4. The first-order valence-corrected chi connectivity index (χ1v) is 11.1. The minimum Gasteiger partial charge on any atom is -0.395 e. The first-order chi connectivity index (χ1) is 14.0. The molecule has 2 amide bonds. The highest BCUT2D eigenvalue weighted by Gasteiger charge is 2.40. The normalized spacial score (nSPS) is 14.3. The van der Waals surface area contributed by atoms with E-state index in [4.69, 9.17) is 11.6 Å². The number of benzene rings is 1. The number of likely N-dealkylation sites (N-methyl/N-ethyl adjacent to an activating group) is 1. The molecule has 0 unspecified atom stereocenters. The van der Waals surface area contributed by atoms with Gasteiger partial charge in [-0.25, -0.2) is 0 Å². The van der Waals surface area contributed by atoms with Crippen molar-refractivity contribution in [2.45, 2.75) is 58.3 Å².